The maximum atomic E-state index is 5.23. The van der Waals surface area contributed by atoms with Gasteiger partial charge in [0.15, 0.2) is 0 Å². The molecule has 0 aliphatic carbocycles. The van der Waals surface area contributed by atoms with Crippen LogP contribution in [0, 0.1) is 5.92 Å². The van der Waals surface area contributed by atoms with Crippen LogP contribution >= 0.6 is 0 Å². The molecule has 2 heterocycles. The summed E-state index contributed by atoms with van der Waals surface area (Å²) in [6.07, 6.45) is 3.78. The van der Waals surface area contributed by atoms with Gasteiger partial charge in [-0.3, -0.25) is 0 Å². The SMILES string of the molecule is CC(C)CNCc1nc(N2CCCCC2)no1. The van der Waals surface area contributed by atoms with Gasteiger partial charge >= 0.3 is 0 Å². The van der Waals surface area contributed by atoms with Gasteiger partial charge in [0.2, 0.25) is 5.89 Å². The fourth-order valence-electron chi connectivity index (χ4n) is 2.01. The Bertz CT molecular complexity index is 331. The molecule has 0 unspecified atom stereocenters. The van der Waals surface area contributed by atoms with Crippen molar-refractivity contribution in [3.8, 4) is 0 Å². The van der Waals surface area contributed by atoms with E-state index in [4.69, 9.17) is 4.52 Å². The second kappa shape index (κ2) is 6.00. The first kappa shape index (κ1) is 12.4. The van der Waals surface area contributed by atoms with Crippen LogP contribution in [0.1, 0.15) is 39.0 Å². The van der Waals surface area contributed by atoms with Crippen molar-refractivity contribution in [3.05, 3.63) is 5.89 Å². The van der Waals surface area contributed by atoms with E-state index in [0.717, 1.165) is 25.6 Å². The lowest BCUT2D eigenvalue weighted by atomic mass is 10.1. The van der Waals surface area contributed by atoms with Crippen LogP contribution in [0.2, 0.25) is 0 Å². The molecule has 0 amide bonds. The molecule has 1 saturated heterocycles. The highest BCUT2D eigenvalue weighted by Crippen LogP contribution is 2.16. The van der Waals surface area contributed by atoms with Gasteiger partial charge < -0.3 is 14.7 Å². The maximum Gasteiger partial charge on any atom is 0.266 e. The Morgan fingerprint density at radius 3 is 2.76 bits per heavy atom. The van der Waals surface area contributed by atoms with Gasteiger partial charge in [0, 0.05) is 13.1 Å². The van der Waals surface area contributed by atoms with Crippen LogP contribution in [-0.2, 0) is 6.54 Å². The zero-order valence-corrected chi connectivity index (χ0v) is 10.8. The number of hydrogen-bond donors (Lipinski definition) is 1. The average molecular weight is 238 g/mol. The van der Waals surface area contributed by atoms with Crippen molar-refractivity contribution in [2.75, 3.05) is 24.5 Å². The number of aromatic nitrogens is 2. The molecule has 0 atom stereocenters. The number of piperidine rings is 1. The summed E-state index contributed by atoms with van der Waals surface area (Å²) in [5, 5.41) is 7.34. The van der Waals surface area contributed by atoms with Crippen molar-refractivity contribution in [2.24, 2.45) is 5.92 Å². The molecule has 1 aromatic rings. The van der Waals surface area contributed by atoms with Crippen molar-refractivity contribution in [2.45, 2.75) is 39.7 Å². The van der Waals surface area contributed by atoms with Crippen LogP contribution in [0.5, 0.6) is 0 Å². The van der Waals surface area contributed by atoms with Crippen LogP contribution in [0.25, 0.3) is 0 Å². The Morgan fingerprint density at radius 2 is 2.06 bits per heavy atom. The minimum Gasteiger partial charge on any atom is -0.338 e. The molecule has 5 heteroatoms. The summed E-state index contributed by atoms with van der Waals surface area (Å²) in [5.74, 6) is 2.08. The smallest absolute Gasteiger partial charge is 0.266 e. The molecule has 0 saturated carbocycles. The molecule has 1 N–H and O–H groups in total. The standard InChI is InChI=1S/C12H22N4O/c1-10(2)8-13-9-11-14-12(15-17-11)16-6-4-3-5-7-16/h10,13H,3-9H2,1-2H3. The van der Waals surface area contributed by atoms with E-state index in [1.54, 1.807) is 0 Å². The summed E-state index contributed by atoms with van der Waals surface area (Å²) in [5.41, 5.74) is 0. The fourth-order valence-corrected chi connectivity index (χ4v) is 2.01. The molecule has 0 radical (unpaired) electrons. The highest BCUT2D eigenvalue weighted by Gasteiger charge is 2.16. The molecule has 5 nitrogen and oxygen atoms in total. The van der Waals surface area contributed by atoms with Crippen LogP contribution in [-0.4, -0.2) is 29.8 Å². The van der Waals surface area contributed by atoms with E-state index in [2.05, 4.69) is 34.2 Å². The first-order chi connectivity index (χ1) is 8.25. The van der Waals surface area contributed by atoms with Gasteiger partial charge in [0.1, 0.15) is 0 Å². The molecule has 17 heavy (non-hydrogen) atoms. The van der Waals surface area contributed by atoms with Gasteiger partial charge in [-0.15, -0.1) is 0 Å². The Hall–Kier alpha value is -1.10. The molecule has 96 valence electrons. The van der Waals surface area contributed by atoms with Gasteiger partial charge in [0.25, 0.3) is 5.95 Å². The maximum absolute atomic E-state index is 5.23. The van der Waals surface area contributed by atoms with Crippen LogP contribution < -0.4 is 10.2 Å². The lowest BCUT2D eigenvalue weighted by Gasteiger charge is -2.24. The largest absolute Gasteiger partial charge is 0.338 e. The monoisotopic (exact) mass is 238 g/mol. The molecule has 1 aromatic heterocycles. The predicted octanol–water partition coefficient (Wildman–Crippen LogP) is 1.81. The van der Waals surface area contributed by atoms with Gasteiger partial charge in [0.05, 0.1) is 6.54 Å². The van der Waals surface area contributed by atoms with E-state index in [9.17, 15) is 0 Å². The number of rotatable bonds is 5. The second-order valence-electron chi connectivity index (χ2n) is 5.06. The number of hydrogen-bond acceptors (Lipinski definition) is 5. The number of nitrogens with zero attached hydrogens (tertiary/aromatic N) is 3. The van der Waals surface area contributed by atoms with E-state index in [-0.39, 0.29) is 0 Å². The summed E-state index contributed by atoms with van der Waals surface area (Å²) in [6.45, 7) is 8.11. The minimum atomic E-state index is 0.638. The third kappa shape index (κ3) is 3.70. The van der Waals surface area contributed by atoms with E-state index >= 15 is 0 Å². The van der Waals surface area contributed by atoms with E-state index in [1.165, 1.54) is 19.3 Å². The van der Waals surface area contributed by atoms with Crippen LogP contribution in [0.15, 0.2) is 4.52 Å². The first-order valence-electron chi connectivity index (χ1n) is 6.54. The average Bonchev–Trinajstić information content (AvgIpc) is 2.78. The molecular formula is C12H22N4O. The van der Waals surface area contributed by atoms with Gasteiger partial charge in [-0.25, -0.2) is 0 Å². The Morgan fingerprint density at radius 1 is 1.29 bits per heavy atom. The Labute approximate surface area is 103 Å². The highest BCUT2D eigenvalue weighted by molar-refractivity contribution is 5.27. The van der Waals surface area contributed by atoms with Crippen molar-refractivity contribution < 1.29 is 4.52 Å². The molecule has 0 spiro atoms. The fraction of sp³-hybridized carbons (Fsp3) is 0.833. The van der Waals surface area contributed by atoms with E-state index in [0.29, 0.717) is 18.4 Å². The molecule has 1 aliphatic heterocycles. The molecule has 0 aromatic carbocycles. The van der Waals surface area contributed by atoms with Gasteiger partial charge in [-0.1, -0.05) is 13.8 Å². The first-order valence-corrected chi connectivity index (χ1v) is 6.54. The predicted molar refractivity (Wildman–Crippen MR) is 66.9 cm³/mol. The summed E-state index contributed by atoms with van der Waals surface area (Å²) in [6, 6.07) is 0. The third-order valence-electron chi connectivity index (χ3n) is 2.93. The lowest BCUT2D eigenvalue weighted by Crippen LogP contribution is -2.30. The highest BCUT2D eigenvalue weighted by atomic mass is 16.5. The van der Waals surface area contributed by atoms with E-state index < -0.39 is 0 Å². The minimum absolute atomic E-state index is 0.638. The zero-order chi connectivity index (χ0) is 12.1. The van der Waals surface area contributed by atoms with Crippen molar-refractivity contribution in [3.63, 3.8) is 0 Å². The number of anilines is 1. The summed E-state index contributed by atoms with van der Waals surface area (Å²) < 4.78 is 5.23. The molecule has 0 bridgehead atoms. The summed E-state index contributed by atoms with van der Waals surface area (Å²) in [4.78, 5) is 6.62. The third-order valence-corrected chi connectivity index (χ3v) is 2.93. The zero-order valence-electron chi connectivity index (χ0n) is 10.8. The van der Waals surface area contributed by atoms with Crippen molar-refractivity contribution in [1.29, 1.82) is 0 Å². The van der Waals surface area contributed by atoms with Crippen LogP contribution in [0.4, 0.5) is 5.95 Å². The summed E-state index contributed by atoms with van der Waals surface area (Å²) in [7, 11) is 0. The number of nitrogens with one attached hydrogen (secondary N) is 1. The molecule has 2 rings (SSSR count). The Balaban J connectivity index is 1.82. The quantitative estimate of drug-likeness (QED) is 0.847. The topological polar surface area (TPSA) is 54.2 Å². The van der Waals surface area contributed by atoms with Gasteiger partial charge in [-0.2, -0.15) is 4.98 Å². The second-order valence-corrected chi connectivity index (χ2v) is 5.06. The summed E-state index contributed by atoms with van der Waals surface area (Å²) >= 11 is 0. The van der Waals surface area contributed by atoms with E-state index in [1.807, 2.05) is 0 Å². The van der Waals surface area contributed by atoms with Crippen molar-refractivity contribution >= 4 is 5.95 Å². The van der Waals surface area contributed by atoms with Gasteiger partial charge in [-0.05, 0) is 36.9 Å². The van der Waals surface area contributed by atoms with Crippen LogP contribution in [0.3, 0.4) is 0 Å². The van der Waals surface area contributed by atoms with Crippen molar-refractivity contribution in [1.82, 2.24) is 15.5 Å². The molecular weight excluding hydrogens is 216 g/mol. The Kier molecular flexibility index (Phi) is 4.36. The lowest BCUT2D eigenvalue weighted by molar-refractivity contribution is 0.362. The molecule has 1 fully saturated rings. The normalized spacial score (nSPS) is 16.8. The molecule has 1 aliphatic rings.